The maximum atomic E-state index is 13.1. The lowest BCUT2D eigenvalue weighted by Crippen LogP contribution is -2.49. The van der Waals surface area contributed by atoms with Crippen LogP contribution in [0.1, 0.15) is 44.1 Å². The lowest BCUT2D eigenvalue weighted by Gasteiger charge is -2.55. The van der Waals surface area contributed by atoms with E-state index in [1.807, 2.05) is 42.6 Å². The van der Waals surface area contributed by atoms with Gasteiger partial charge in [-0.2, -0.15) is 0 Å². The summed E-state index contributed by atoms with van der Waals surface area (Å²) >= 11 is 0. The minimum atomic E-state index is -0.0336. The van der Waals surface area contributed by atoms with Crippen molar-refractivity contribution in [3.05, 3.63) is 48.2 Å². The summed E-state index contributed by atoms with van der Waals surface area (Å²) in [5.74, 6) is 2.82. The SMILES string of the molecule is O=C(/C=C/c1ccnc2ccccc12)C12CC3CC(CC(C3)C1)C2. The van der Waals surface area contributed by atoms with Crippen LogP contribution in [0.5, 0.6) is 0 Å². The maximum absolute atomic E-state index is 13.1. The molecule has 0 amide bonds. The molecule has 24 heavy (non-hydrogen) atoms. The summed E-state index contributed by atoms with van der Waals surface area (Å²) in [7, 11) is 0. The van der Waals surface area contributed by atoms with Gasteiger partial charge in [0.1, 0.15) is 0 Å². The van der Waals surface area contributed by atoms with E-state index in [4.69, 9.17) is 0 Å². The molecule has 1 aromatic heterocycles. The Morgan fingerprint density at radius 1 is 1.00 bits per heavy atom. The number of allylic oxidation sites excluding steroid dienone is 1. The number of fused-ring (bicyclic) bond motifs is 1. The largest absolute Gasteiger partial charge is 0.294 e. The van der Waals surface area contributed by atoms with Crippen molar-refractivity contribution < 1.29 is 4.79 Å². The lowest BCUT2D eigenvalue weighted by molar-refractivity contribution is -0.138. The fraction of sp³-hybridized carbons (Fsp3) is 0.455. The quantitative estimate of drug-likeness (QED) is 0.743. The molecule has 6 rings (SSSR count). The van der Waals surface area contributed by atoms with Crippen LogP contribution in [-0.4, -0.2) is 10.8 Å². The number of carbonyl (C=O) groups is 1. The number of rotatable bonds is 3. The van der Waals surface area contributed by atoms with E-state index in [-0.39, 0.29) is 5.41 Å². The van der Waals surface area contributed by atoms with E-state index in [0.717, 1.165) is 53.5 Å². The third kappa shape index (κ3) is 2.23. The molecule has 4 aliphatic carbocycles. The fourth-order valence-electron chi connectivity index (χ4n) is 6.02. The van der Waals surface area contributed by atoms with Gasteiger partial charge in [0.15, 0.2) is 5.78 Å². The molecule has 1 aromatic carbocycles. The first-order chi connectivity index (χ1) is 11.7. The highest BCUT2D eigenvalue weighted by Crippen LogP contribution is 2.60. The molecule has 0 radical (unpaired) electrons. The summed E-state index contributed by atoms with van der Waals surface area (Å²) in [6, 6.07) is 10.1. The molecule has 0 unspecified atom stereocenters. The number of para-hydroxylation sites is 1. The van der Waals surface area contributed by atoms with Crippen LogP contribution in [0, 0.1) is 23.2 Å². The zero-order chi connectivity index (χ0) is 16.1. The van der Waals surface area contributed by atoms with Gasteiger partial charge in [0.25, 0.3) is 0 Å². The van der Waals surface area contributed by atoms with E-state index in [1.54, 1.807) is 0 Å². The Morgan fingerprint density at radius 2 is 1.67 bits per heavy atom. The van der Waals surface area contributed by atoms with Gasteiger partial charge in [0.2, 0.25) is 0 Å². The van der Waals surface area contributed by atoms with Gasteiger partial charge in [-0.15, -0.1) is 0 Å². The highest BCUT2D eigenvalue weighted by atomic mass is 16.1. The Hall–Kier alpha value is -1.96. The summed E-state index contributed by atoms with van der Waals surface area (Å²) in [4.78, 5) is 17.5. The van der Waals surface area contributed by atoms with Crippen LogP contribution in [0.2, 0.25) is 0 Å². The molecule has 0 spiro atoms. The first kappa shape index (κ1) is 14.4. The smallest absolute Gasteiger partial charge is 0.161 e. The van der Waals surface area contributed by atoms with Crippen molar-refractivity contribution in [2.75, 3.05) is 0 Å². The van der Waals surface area contributed by atoms with Gasteiger partial charge in [-0.3, -0.25) is 9.78 Å². The summed E-state index contributed by atoms with van der Waals surface area (Å²) in [6.07, 6.45) is 13.3. The van der Waals surface area contributed by atoms with Crippen molar-refractivity contribution in [2.45, 2.75) is 38.5 Å². The Balaban J connectivity index is 1.45. The Kier molecular flexibility index (Phi) is 3.16. The van der Waals surface area contributed by atoms with Crippen molar-refractivity contribution >= 4 is 22.8 Å². The predicted octanol–water partition coefficient (Wildman–Crippen LogP) is 5.03. The molecule has 0 saturated heterocycles. The molecule has 2 aromatic rings. The van der Waals surface area contributed by atoms with E-state index < -0.39 is 0 Å². The van der Waals surface area contributed by atoms with Crippen LogP contribution in [0.4, 0.5) is 0 Å². The minimum Gasteiger partial charge on any atom is -0.294 e. The van der Waals surface area contributed by atoms with Crippen molar-refractivity contribution in [2.24, 2.45) is 23.2 Å². The third-order valence-corrected chi connectivity index (χ3v) is 6.66. The molecule has 1 heterocycles. The number of pyridine rings is 1. The number of hydrogen-bond acceptors (Lipinski definition) is 2. The highest BCUT2D eigenvalue weighted by Gasteiger charge is 2.53. The van der Waals surface area contributed by atoms with Gasteiger partial charge in [-0.25, -0.2) is 0 Å². The molecule has 122 valence electrons. The van der Waals surface area contributed by atoms with Crippen LogP contribution in [0.15, 0.2) is 42.6 Å². The zero-order valence-corrected chi connectivity index (χ0v) is 13.9. The highest BCUT2D eigenvalue weighted by molar-refractivity contribution is 6.00. The monoisotopic (exact) mass is 317 g/mol. The Labute approximate surface area is 143 Å². The van der Waals surface area contributed by atoms with E-state index in [0.29, 0.717) is 5.78 Å². The van der Waals surface area contributed by atoms with Crippen LogP contribution in [0.3, 0.4) is 0 Å². The van der Waals surface area contributed by atoms with Crippen molar-refractivity contribution in [1.29, 1.82) is 0 Å². The third-order valence-electron chi connectivity index (χ3n) is 6.66. The minimum absolute atomic E-state index is 0.0336. The molecule has 2 nitrogen and oxygen atoms in total. The standard InChI is InChI=1S/C22H23NO/c24-21(22-12-15-9-16(13-22)11-17(10-15)14-22)6-5-18-7-8-23-20-4-2-1-3-19(18)20/h1-8,15-17H,9-14H2/b6-5+. The molecular weight excluding hydrogens is 294 g/mol. The second kappa shape index (κ2) is 5.27. The van der Waals surface area contributed by atoms with Crippen molar-refractivity contribution in [3.8, 4) is 0 Å². The summed E-state index contributed by atoms with van der Waals surface area (Å²) in [5, 5.41) is 1.12. The van der Waals surface area contributed by atoms with E-state index in [1.165, 1.54) is 19.3 Å². The van der Waals surface area contributed by atoms with E-state index >= 15 is 0 Å². The molecule has 2 heteroatoms. The predicted molar refractivity (Wildman–Crippen MR) is 96.4 cm³/mol. The molecule has 0 N–H and O–H groups in total. The average molecular weight is 317 g/mol. The lowest BCUT2D eigenvalue weighted by atomic mass is 9.48. The molecule has 4 aliphatic rings. The molecule has 0 aliphatic heterocycles. The number of carbonyl (C=O) groups excluding carboxylic acids is 1. The molecule has 0 atom stereocenters. The number of ketones is 1. The zero-order valence-electron chi connectivity index (χ0n) is 13.9. The van der Waals surface area contributed by atoms with Gasteiger partial charge >= 0.3 is 0 Å². The van der Waals surface area contributed by atoms with E-state index in [2.05, 4.69) is 11.1 Å². The second-order valence-corrected chi connectivity index (χ2v) is 8.31. The average Bonchev–Trinajstić information content (AvgIpc) is 2.58. The molecule has 4 bridgehead atoms. The summed E-state index contributed by atoms with van der Waals surface area (Å²) in [6.45, 7) is 0. The topological polar surface area (TPSA) is 30.0 Å². The molecule has 4 fully saturated rings. The van der Waals surface area contributed by atoms with Crippen molar-refractivity contribution in [3.63, 3.8) is 0 Å². The van der Waals surface area contributed by atoms with Gasteiger partial charge < -0.3 is 0 Å². The fourth-order valence-corrected chi connectivity index (χ4v) is 6.02. The normalized spacial score (nSPS) is 34.2. The van der Waals surface area contributed by atoms with Crippen LogP contribution in [-0.2, 0) is 4.79 Å². The number of aromatic nitrogens is 1. The summed E-state index contributed by atoms with van der Waals surface area (Å²) < 4.78 is 0. The van der Waals surface area contributed by atoms with Gasteiger partial charge in [0.05, 0.1) is 5.52 Å². The van der Waals surface area contributed by atoms with Gasteiger partial charge in [-0.05, 0) is 80.1 Å². The Morgan fingerprint density at radius 3 is 2.38 bits per heavy atom. The number of benzene rings is 1. The van der Waals surface area contributed by atoms with Crippen LogP contribution >= 0.6 is 0 Å². The maximum Gasteiger partial charge on any atom is 0.161 e. The number of nitrogens with zero attached hydrogens (tertiary/aromatic N) is 1. The van der Waals surface area contributed by atoms with Crippen LogP contribution < -0.4 is 0 Å². The van der Waals surface area contributed by atoms with Crippen molar-refractivity contribution in [1.82, 2.24) is 4.98 Å². The first-order valence-corrected chi connectivity index (χ1v) is 9.28. The van der Waals surface area contributed by atoms with Gasteiger partial charge in [-0.1, -0.05) is 24.3 Å². The first-order valence-electron chi connectivity index (χ1n) is 9.28. The Bertz CT molecular complexity index is 794. The summed E-state index contributed by atoms with van der Waals surface area (Å²) in [5.41, 5.74) is 2.05. The molecule has 4 saturated carbocycles. The van der Waals surface area contributed by atoms with Gasteiger partial charge in [0, 0.05) is 17.0 Å². The molecular formula is C22H23NO. The van der Waals surface area contributed by atoms with E-state index in [9.17, 15) is 4.79 Å². The van der Waals surface area contributed by atoms with Crippen LogP contribution in [0.25, 0.3) is 17.0 Å². The second-order valence-electron chi connectivity index (χ2n) is 8.31. The number of hydrogen-bond donors (Lipinski definition) is 0.